The first-order chi connectivity index (χ1) is 14.4. The van der Waals surface area contributed by atoms with Gasteiger partial charge in [-0.3, -0.25) is 14.3 Å². The van der Waals surface area contributed by atoms with Crippen molar-refractivity contribution in [3.05, 3.63) is 68.5 Å². The van der Waals surface area contributed by atoms with Gasteiger partial charge in [0.05, 0.1) is 33.1 Å². The summed E-state index contributed by atoms with van der Waals surface area (Å²) >= 11 is 2.33. The Hall–Kier alpha value is -2.54. The van der Waals surface area contributed by atoms with Crippen LogP contribution in [0.3, 0.4) is 0 Å². The van der Waals surface area contributed by atoms with Gasteiger partial charge in [0.15, 0.2) is 9.84 Å². The zero-order valence-electron chi connectivity index (χ0n) is 16.4. The smallest absolute Gasteiger partial charge is 0.275 e. The van der Waals surface area contributed by atoms with Crippen LogP contribution in [0, 0.1) is 0 Å². The third-order valence-corrected chi connectivity index (χ3v) is 7.07. The van der Waals surface area contributed by atoms with Crippen LogP contribution < -0.4 is 9.62 Å². The van der Waals surface area contributed by atoms with E-state index < -0.39 is 37.4 Å². The second-order valence-corrected chi connectivity index (χ2v) is 12.5. The third-order valence-electron chi connectivity index (χ3n) is 3.93. The Bertz CT molecular complexity index is 1270. The highest BCUT2D eigenvalue weighted by molar-refractivity contribution is 7.92. The largest absolute Gasteiger partial charge is 0.283 e. The third kappa shape index (κ3) is 6.00. The number of thiophene rings is 2. The summed E-state index contributed by atoms with van der Waals surface area (Å²) in [5, 5.41) is 3.41. The quantitative estimate of drug-likeness (QED) is 0.500. The zero-order valence-corrected chi connectivity index (χ0v) is 19.7. The lowest BCUT2D eigenvalue weighted by Crippen LogP contribution is -2.36. The Morgan fingerprint density at radius 3 is 1.87 bits per heavy atom. The van der Waals surface area contributed by atoms with Crippen LogP contribution in [0.4, 0.5) is 11.4 Å². The minimum atomic E-state index is -3.68. The number of carbonyl (C=O) groups is 2. The van der Waals surface area contributed by atoms with Crippen LogP contribution >= 0.6 is 22.7 Å². The molecule has 0 aliphatic carbocycles. The van der Waals surface area contributed by atoms with Gasteiger partial charge < -0.3 is 0 Å². The van der Waals surface area contributed by atoms with Gasteiger partial charge in [0, 0.05) is 6.26 Å². The predicted molar refractivity (Wildman–Crippen MR) is 123 cm³/mol. The Kier molecular flexibility index (Phi) is 6.65. The molecule has 1 N–H and O–H groups in total. The molecule has 0 atom stereocenters. The van der Waals surface area contributed by atoms with E-state index >= 15 is 0 Å². The highest BCUT2D eigenvalue weighted by Crippen LogP contribution is 2.29. The van der Waals surface area contributed by atoms with E-state index in [0.29, 0.717) is 9.75 Å². The molecule has 0 aliphatic rings. The summed E-state index contributed by atoms with van der Waals surface area (Å²) in [4.78, 5) is 27.9. The Balaban J connectivity index is 2.14. The first-order valence-electron chi connectivity index (χ1n) is 8.69. The number of nitrogens with one attached hydrogen (secondary N) is 1. The summed E-state index contributed by atoms with van der Waals surface area (Å²) in [6, 6.07) is 10.6. The van der Waals surface area contributed by atoms with Crippen molar-refractivity contribution in [3.8, 4) is 0 Å². The molecule has 0 bridgehead atoms. The molecule has 0 saturated carbocycles. The number of anilines is 2. The fraction of sp³-hybridized carbons (Fsp3) is 0.158. The van der Waals surface area contributed by atoms with Crippen molar-refractivity contribution in [3.63, 3.8) is 0 Å². The lowest BCUT2D eigenvalue weighted by atomic mass is 10.1. The van der Waals surface area contributed by atoms with Crippen LogP contribution in [0.25, 0.3) is 0 Å². The molecule has 1 aromatic carbocycles. The van der Waals surface area contributed by atoms with Gasteiger partial charge in [-0.2, -0.15) is 0 Å². The second-order valence-electron chi connectivity index (χ2n) is 6.69. The number of benzene rings is 1. The number of sulfone groups is 1. The van der Waals surface area contributed by atoms with E-state index in [9.17, 15) is 26.4 Å². The number of hydrogen-bond donors (Lipinski definition) is 1. The number of hydrogen-bond acceptors (Lipinski definition) is 8. The number of sulfonamides is 1. The molecule has 0 saturated heterocycles. The van der Waals surface area contributed by atoms with Crippen molar-refractivity contribution in [1.29, 1.82) is 0 Å². The van der Waals surface area contributed by atoms with Gasteiger partial charge in [-0.1, -0.05) is 12.1 Å². The molecule has 8 nitrogen and oxygen atoms in total. The number of carbonyl (C=O) groups excluding carboxylic acids is 2. The van der Waals surface area contributed by atoms with E-state index in [1.165, 1.54) is 40.9 Å². The van der Waals surface area contributed by atoms with Gasteiger partial charge in [-0.25, -0.2) is 21.7 Å². The van der Waals surface area contributed by atoms with E-state index in [1.54, 1.807) is 35.0 Å². The van der Waals surface area contributed by atoms with E-state index in [4.69, 9.17) is 0 Å². The van der Waals surface area contributed by atoms with Gasteiger partial charge in [0.1, 0.15) is 0 Å². The summed E-state index contributed by atoms with van der Waals surface area (Å²) in [6.45, 7) is 0. The standard InChI is InChI=1S/C19H18N2O6S4/c1-30(24,25)12-13-11-14(7-8-15(13)20-31(2,26)27)21(18(22)16-5-3-9-28-16)19(23)17-6-4-10-29-17/h3-11,20H,12H2,1-2H3. The lowest BCUT2D eigenvalue weighted by Gasteiger charge is -2.22. The topological polar surface area (TPSA) is 118 Å². The molecule has 31 heavy (non-hydrogen) atoms. The zero-order chi connectivity index (χ0) is 22.8. The van der Waals surface area contributed by atoms with Crippen LogP contribution in [-0.2, 0) is 25.6 Å². The molecule has 3 rings (SSSR count). The first kappa shape index (κ1) is 23.1. The van der Waals surface area contributed by atoms with Gasteiger partial charge in [-0.05, 0) is 46.7 Å². The fourth-order valence-corrected chi connectivity index (χ4v) is 5.48. The van der Waals surface area contributed by atoms with Crippen molar-refractivity contribution in [2.24, 2.45) is 0 Å². The molecule has 12 heteroatoms. The van der Waals surface area contributed by atoms with Crippen molar-refractivity contribution in [2.45, 2.75) is 5.75 Å². The number of imide groups is 1. The maximum absolute atomic E-state index is 13.1. The van der Waals surface area contributed by atoms with E-state index in [2.05, 4.69) is 4.72 Å². The van der Waals surface area contributed by atoms with Crippen LogP contribution in [0.1, 0.15) is 24.9 Å². The van der Waals surface area contributed by atoms with Crippen LogP contribution in [0.2, 0.25) is 0 Å². The maximum atomic E-state index is 13.1. The summed E-state index contributed by atoms with van der Waals surface area (Å²) in [7, 11) is -7.22. The van der Waals surface area contributed by atoms with Gasteiger partial charge in [-0.15, -0.1) is 22.7 Å². The molecular formula is C19H18N2O6S4. The summed E-state index contributed by atoms with van der Waals surface area (Å²) in [5.74, 6) is -1.61. The average molecular weight is 499 g/mol. The van der Waals surface area contributed by atoms with Crippen molar-refractivity contribution in [1.82, 2.24) is 0 Å². The Morgan fingerprint density at radius 2 is 1.45 bits per heavy atom. The predicted octanol–water partition coefficient (Wildman–Crippen LogP) is 3.21. The van der Waals surface area contributed by atoms with E-state index in [-0.39, 0.29) is 16.9 Å². The molecule has 0 spiro atoms. The van der Waals surface area contributed by atoms with Crippen molar-refractivity contribution < 1.29 is 26.4 Å². The van der Waals surface area contributed by atoms with Crippen LogP contribution in [-0.4, -0.2) is 41.2 Å². The van der Waals surface area contributed by atoms with Gasteiger partial charge in [0.2, 0.25) is 10.0 Å². The summed E-state index contributed by atoms with van der Waals surface area (Å²) in [5.41, 5.74) is 0.312. The highest BCUT2D eigenvalue weighted by Gasteiger charge is 2.28. The first-order valence-corrected chi connectivity index (χ1v) is 14.4. The monoisotopic (exact) mass is 498 g/mol. The second kappa shape index (κ2) is 8.91. The van der Waals surface area contributed by atoms with Gasteiger partial charge in [0.25, 0.3) is 11.8 Å². The molecule has 0 radical (unpaired) electrons. The van der Waals surface area contributed by atoms with Crippen LogP contribution in [0.15, 0.2) is 53.2 Å². The Labute approximate surface area is 188 Å². The van der Waals surface area contributed by atoms with Crippen molar-refractivity contribution >= 4 is 65.7 Å². The lowest BCUT2D eigenvalue weighted by molar-refractivity contribution is 0.0902. The molecule has 2 aromatic heterocycles. The molecule has 164 valence electrons. The molecule has 0 aliphatic heterocycles. The van der Waals surface area contributed by atoms with Gasteiger partial charge >= 0.3 is 0 Å². The molecular weight excluding hydrogens is 480 g/mol. The molecule has 2 amide bonds. The maximum Gasteiger partial charge on any atom is 0.275 e. The van der Waals surface area contributed by atoms with Crippen molar-refractivity contribution in [2.75, 3.05) is 22.1 Å². The number of rotatable bonds is 7. The fourth-order valence-electron chi connectivity index (χ4n) is 2.77. The minimum Gasteiger partial charge on any atom is -0.283 e. The normalized spacial score (nSPS) is 11.8. The molecule has 2 heterocycles. The average Bonchev–Trinajstić information content (AvgIpc) is 3.35. The SMILES string of the molecule is CS(=O)(=O)Cc1cc(N(C(=O)c2cccs2)C(=O)c2cccs2)ccc1NS(C)(=O)=O. The molecule has 0 fully saturated rings. The van der Waals surface area contributed by atoms with E-state index in [0.717, 1.165) is 17.4 Å². The minimum absolute atomic E-state index is 0.0590. The van der Waals surface area contributed by atoms with E-state index in [1.807, 2.05) is 0 Å². The van der Waals surface area contributed by atoms with Crippen LogP contribution in [0.5, 0.6) is 0 Å². The number of nitrogens with zero attached hydrogens (tertiary/aromatic N) is 1. The Morgan fingerprint density at radius 1 is 0.903 bits per heavy atom. The number of amides is 2. The summed E-state index contributed by atoms with van der Waals surface area (Å²) in [6.07, 6.45) is 1.95. The summed E-state index contributed by atoms with van der Waals surface area (Å²) < 4.78 is 49.5. The highest BCUT2D eigenvalue weighted by atomic mass is 32.2. The molecule has 0 unspecified atom stereocenters. The molecule has 3 aromatic rings.